The van der Waals surface area contributed by atoms with E-state index < -0.39 is 10.0 Å². The minimum absolute atomic E-state index is 0.0747. The van der Waals surface area contributed by atoms with Crippen molar-refractivity contribution >= 4 is 21.6 Å². The lowest BCUT2D eigenvalue weighted by Gasteiger charge is -2.21. The van der Waals surface area contributed by atoms with Gasteiger partial charge in [0, 0.05) is 25.5 Å². The van der Waals surface area contributed by atoms with Crippen LogP contribution in [-0.4, -0.2) is 44.0 Å². The third-order valence-electron chi connectivity index (χ3n) is 2.96. The average Bonchev–Trinajstić information content (AvgIpc) is 2.98. The molecule has 0 aliphatic carbocycles. The minimum atomic E-state index is -3.45. The summed E-state index contributed by atoms with van der Waals surface area (Å²) in [4.78, 5) is 3.09. The number of rotatable bonds is 4. The second kappa shape index (κ2) is 4.97. The first-order valence-corrected chi connectivity index (χ1v) is 7.32. The largest absolute Gasteiger partial charge is 0.380 e. The highest BCUT2D eigenvalue weighted by Crippen LogP contribution is 2.21. The Kier molecular flexibility index (Phi) is 3.77. The molecule has 1 aliphatic rings. The Morgan fingerprint density at radius 1 is 1.65 bits per heavy atom. The SMILES string of the molecule is CN(C1CCOC1)S(=O)(=O)c1c[nH]c(CCl)c1. The number of hydrogen-bond donors (Lipinski definition) is 1. The van der Waals surface area contributed by atoms with E-state index in [4.69, 9.17) is 16.3 Å². The van der Waals surface area contributed by atoms with Gasteiger partial charge in [0.25, 0.3) is 0 Å². The van der Waals surface area contributed by atoms with Gasteiger partial charge in [-0.15, -0.1) is 11.6 Å². The Morgan fingerprint density at radius 3 is 2.94 bits per heavy atom. The van der Waals surface area contributed by atoms with Gasteiger partial charge in [0.15, 0.2) is 0 Å². The van der Waals surface area contributed by atoms with Gasteiger partial charge in [-0.2, -0.15) is 4.31 Å². The van der Waals surface area contributed by atoms with E-state index in [1.807, 2.05) is 0 Å². The summed E-state index contributed by atoms with van der Waals surface area (Å²) in [5.41, 5.74) is 0.696. The molecule has 1 N–H and O–H groups in total. The Hall–Kier alpha value is -0.560. The van der Waals surface area contributed by atoms with E-state index in [1.165, 1.54) is 10.5 Å². The van der Waals surface area contributed by atoms with Crippen LogP contribution in [0.4, 0.5) is 0 Å². The maximum absolute atomic E-state index is 12.3. The van der Waals surface area contributed by atoms with Gasteiger partial charge in [-0.25, -0.2) is 8.42 Å². The number of nitrogens with one attached hydrogen (secondary N) is 1. The first-order valence-electron chi connectivity index (χ1n) is 5.34. The minimum Gasteiger partial charge on any atom is -0.380 e. The highest BCUT2D eigenvalue weighted by molar-refractivity contribution is 7.89. The zero-order chi connectivity index (χ0) is 12.5. The first kappa shape index (κ1) is 12.9. The number of aromatic nitrogens is 1. The average molecular weight is 279 g/mol. The molecule has 0 aromatic carbocycles. The molecule has 2 heterocycles. The summed E-state index contributed by atoms with van der Waals surface area (Å²) in [6.45, 7) is 1.08. The van der Waals surface area contributed by atoms with Crippen LogP contribution in [0.5, 0.6) is 0 Å². The van der Waals surface area contributed by atoms with Crippen LogP contribution < -0.4 is 0 Å². The number of hydrogen-bond acceptors (Lipinski definition) is 3. The summed E-state index contributed by atoms with van der Waals surface area (Å²) in [5, 5.41) is 0. The number of halogens is 1. The second-order valence-electron chi connectivity index (χ2n) is 4.03. The van der Waals surface area contributed by atoms with Gasteiger partial charge in [0.1, 0.15) is 0 Å². The van der Waals surface area contributed by atoms with E-state index in [0.29, 0.717) is 18.9 Å². The summed E-state index contributed by atoms with van der Waals surface area (Å²) < 4.78 is 31.1. The van der Waals surface area contributed by atoms with Crippen molar-refractivity contribution in [1.29, 1.82) is 0 Å². The molecule has 0 amide bonds. The molecule has 2 rings (SSSR count). The summed E-state index contributed by atoms with van der Waals surface area (Å²) in [5.74, 6) is 0.270. The second-order valence-corrected chi connectivity index (χ2v) is 6.30. The molecule has 0 spiro atoms. The van der Waals surface area contributed by atoms with Gasteiger partial charge in [-0.1, -0.05) is 0 Å². The lowest BCUT2D eigenvalue weighted by atomic mass is 10.3. The quantitative estimate of drug-likeness (QED) is 0.841. The summed E-state index contributed by atoms with van der Waals surface area (Å²) in [6, 6.07) is 1.49. The highest BCUT2D eigenvalue weighted by atomic mass is 35.5. The zero-order valence-electron chi connectivity index (χ0n) is 9.52. The van der Waals surface area contributed by atoms with Crippen LogP contribution in [0.3, 0.4) is 0 Å². The molecule has 17 heavy (non-hydrogen) atoms. The smallest absolute Gasteiger partial charge is 0.244 e. The summed E-state index contributed by atoms with van der Waals surface area (Å²) >= 11 is 5.64. The number of H-pyrrole nitrogens is 1. The van der Waals surface area contributed by atoms with Crippen molar-refractivity contribution in [3.05, 3.63) is 18.0 Å². The third kappa shape index (κ3) is 2.49. The third-order valence-corrected chi connectivity index (χ3v) is 5.13. The molecule has 0 bridgehead atoms. The van der Waals surface area contributed by atoms with Crippen molar-refractivity contribution in [2.24, 2.45) is 0 Å². The van der Waals surface area contributed by atoms with E-state index in [2.05, 4.69) is 4.98 Å². The molecule has 0 radical (unpaired) electrons. The molecule has 1 fully saturated rings. The Morgan fingerprint density at radius 2 is 2.41 bits per heavy atom. The molecule has 1 saturated heterocycles. The fourth-order valence-electron chi connectivity index (χ4n) is 1.82. The maximum atomic E-state index is 12.3. The van der Waals surface area contributed by atoms with Crippen molar-refractivity contribution < 1.29 is 13.2 Å². The number of nitrogens with zero attached hydrogens (tertiary/aromatic N) is 1. The molecule has 1 aliphatic heterocycles. The number of sulfonamides is 1. The van der Waals surface area contributed by atoms with Crippen molar-refractivity contribution in [3.8, 4) is 0 Å². The number of likely N-dealkylation sites (N-methyl/N-ethyl adjacent to an activating group) is 1. The standard InChI is InChI=1S/C10H15ClN2O3S/c1-13(9-2-3-16-7-9)17(14,15)10-4-8(5-11)12-6-10/h4,6,9,12H,2-3,5,7H2,1H3. The molecule has 1 atom stereocenters. The van der Waals surface area contributed by atoms with E-state index in [0.717, 1.165) is 6.42 Å². The fourth-order valence-corrected chi connectivity index (χ4v) is 3.36. The van der Waals surface area contributed by atoms with Crippen LogP contribution in [-0.2, 0) is 20.6 Å². The molecule has 0 saturated carbocycles. The summed E-state index contributed by atoms with van der Waals surface area (Å²) in [7, 11) is -1.86. The number of aromatic amines is 1. The van der Waals surface area contributed by atoms with Gasteiger partial charge < -0.3 is 9.72 Å². The van der Waals surface area contributed by atoms with Gasteiger partial charge in [-0.3, -0.25) is 0 Å². The van der Waals surface area contributed by atoms with Gasteiger partial charge >= 0.3 is 0 Å². The van der Waals surface area contributed by atoms with Crippen LogP contribution >= 0.6 is 11.6 Å². The predicted octanol–water partition coefficient (Wildman–Crippen LogP) is 1.16. The van der Waals surface area contributed by atoms with E-state index in [9.17, 15) is 8.42 Å². The molecular weight excluding hydrogens is 264 g/mol. The van der Waals surface area contributed by atoms with Gasteiger partial charge in [0.05, 0.1) is 23.4 Å². The van der Waals surface area contributed by atoms with Crippen molar-refractivity contribution in [1.82, 2.24) is 9.29 Å². The van der Waals surface area contributed by atoms with E-state index in [1.54, 1.807) is 13.1 Å². The van der Waals surface area contributed by atoms with Crippen molar-refractivity contribution in [3.63, 3.8) is 0 Å². The van der Waals surface area contributed by atoms with Crippen LogP contribution in [0, 0.1) is 0 Å². The van der Waals surface area contributed by atoms with Crippen LogP contribution in [0.2, 0.25) is 0 Å². The Balaban J connectivity index is 2.22. The molecular formula is C10H15ClN2O3S. The van der Waals surface area contributed by atoms with E-state index >= 15 is 0 Å². The van der Waals surface area contributed by atoms with Crippen LogP contribution in [0.15, 0.2) is 17.2 Å². The molecule has 1 aromatic heterocycles. The monoisotopic (exact) mass is 278 g/mol. The van der Waals surface area contributed by atoms with Crippen LogP contribution in [0.1, 0.15) is 12.1 Å². The number of ether oxygens (including phenoxy) is 1. The first-order chi connectivity index (χ1) is 8.05. The normalized spacial score (nSPS) is 21.2. The number of alkyl halides is 1. The van der Waals surface area contributed by atoms with E-state index in [-0.39, 0.29) is 16.8 Å². The highest BCUT2D eigenvalue weighted by Gasteiger charge is 2.31. The molecule has 7 heteroatoms. The van der Waals surface area contributed by atoms with Gasteiger partial charge in [-0.05, 0) is 12.5 Å². The van der Waals surface area contributed by atoms with Crippen molar-refractivity contribution in [2.45, 2.75) is 23.2 Å². The lowest BCUT2D eigenvalue weighted by molar-refractivity contribution is 0.181. The molecule has 1 aromatic rings. The predicted molar refractivity (Wildman–Crippen MR) is 64.5 cm³/mol. The lowest BCUT2D eigenvalue weighted by Crippen LogP contribution is -2.37. The molecule has 96 valence electrons. The van der Waals surface area contributed by atoms with Crippen molar-refractivity contribution in [2.75, 3.05) is 20.3 Å². The zero-order valence-corrected chi connectivity index (χ0v) is 11.1. The maximum Gasteiger partial charge on any atom is 0.244 e. The summed E-state index contributed by atoms with van der Waals surface area (Å²) in [6.07, 6.45) is 2.21. The molecule has 1 unspecified atom stereocenters. The van der Waals surface area contributed by atoms with Crippen LogP contribution in [0.25, 0.3) is 0 Å². The Labute approximate surface area is 106 Å². The fraction of sp³-hybridized carbons (Fsp3) is 0.600. The Bertz CT molecular complexity index is 479. The van der Waals surface area contributed by atoms with Gasteiger partial charge in [0.2, 0.25) is 10.0 Å². The molecule has 5 nitrogen and oxygen atoms in total. The topological polar surface area (TPSA) is 62.4 Å².